The minimum Gasteiger partial charge on any atom is -0.383 e. The summed E-state index contributed by atoms with van der Waals surface area (Å²) in [5, 5.41) is 3.80. The number of ketones is 1. The average molecular weight is 451 g/mol. The van der Waals surface area contributed by atoms with E-state index in [1.54, 1.807) is 30.3 Å². The van der Waals surface area contributed by atoms with Gasteiger partial charge in [-0.3, -0.25) is 4.79 Å². The zero-order valence-corrected chi connectivity index (χ0v) is 18.6. The van der Waals surface area contributed by atoms with Gasteiger partial charge in [0.1, 0.15) is 0 Å². The standard InChI is InChI=1S/C23H25ClF2N2OS/c1-22(2,21(30)28-12-10-23(25,26)11-13-28)15-27-19-9-8-17(24)14-18(19)20(29)16-6-4-3-5-7-16/h3-9,14,27H,10-13,15H2,1-2H3. The fourth-order valence-electron chi connectivity index (χ4n) is 3.46. The van der Waals surface area contributed by atoms with Crippen LogP contribution in [0, 0.1) is 5.41 Å². The van der Waals surface area contributed by atoms with Crippen molar-refractivity contribution in [1.82, 2.24) is 4.90 Å². The number of likely N-dealkylation sites (tertiary alicyclic amines) is 1. The second-order valence-corrected chi connectivity index (χ2v) is 9.09. The summed E-state index contributed by atoms with van der Waals surface area (Å²) in [5.41, 5.74) is 1.25. The van der Waals surface area contributed by atoms with Gasteiger partial charge < -0.3 is 10.2 Å². The van der Waals surface area contributed by atoms with E-state index >= 15 is 0 Å². The molecule has 0 radical (unpaired) electrons. The van der Waals surface area contributed by atoms with Crippen LogP contribution >= 0.6 is 23.8 Å². The van der Waals surface area contributed by atoms with Gasteiger partial charge in [-0.1, -0.05) is 68.0 Å². The Bertz CT molecular complexity index is 924. The van der Waals surface area contributed by atoms with Gasteiger partial charge in [0.05, 0.1) is 4.99 Å². The molecule has 0 saturated carbocycles. The maximum Gasteiger partial charge on any atom is 0.251 e. The lowest BCUT2D eigenvalue weighted by atomic mass is 9.90. The quantitative estimate of drug-likeness (QED) is 0.427. The lowest BCUT2D eigenvalue weighted by molar-refractivity contribution is -0.0441. The maximum absolute atomic E-state index is 13.5. The van der Waals surface area contributed by atoms with Crippen molar-refractivity contribution in [2.75, 3.05) is 25.0 Å². The van der Waals surface area contributed by atoms with Crippen molar-refractivity contribution in [2.24, 2.45) is 5.41 Å². The van der Waals surface area contributed by atoms with Crippen LogP contribution in [-0.2, 0) is 0 Å². The molecule has 0 aromatic heterocycles. The number of alkyl halides is 2. The Hall–Kier alpha value is -2.05. The van der Waals surface area contributed by atoms with Gasteiger partial charge in [0, 0.05) is 59.7 Å². The van der Waals surface area contributed by atoms with Crippen LogP contribution in [0.2, 0.25) is 5.02 Å². The van der Waals surface area contributed by atoms with Crippen LogP contribution in [-0.4, -0.2) is 41.2 Å². The summed E-state index contributed by atoms with van der Waals surface area (Å²) < 4.78 is 26.9. The van der Waals surface area contributed by atoms with Crippen molar-refractivity contribution in [2.45, 2.75) is 32.6 Å². The van der Waals surface area contributed by atoms with Crippen LogP contribution in [0.3, 0.4) is 0 Å². The van der Waals surface area contributed by atoms with E-state index in [9.17, 15) is 13.6 Å². The number of nitrogens with zero attached hydrogens (tertiary/aromatic N) is 1. The minimum atomic E-state index is -2.61. The molecule has 1 heterocycles. The molecular formula is C23H25ClF2N2OS. The van der Waals surface area contributed by atoms with Gasteiger partial charge >= 0.3 is 0 Å². The molecule has 0 amide bonds. The Kier molecular flexibility index (Phi) is 6.78. The summed E-state index contributed by atoms with van der Waals surface area (Å²) in [7, 11) is 0. The molecule has 3 rings (SSSR count). The number of benzene rings is 2. The molecule has 0 unspecified atom stereocenters. The van der Waals surface area contributed by atoms with E-state index in [-0.39, 0.29) is 31.7 Å². The Morgan fingerprint density at radius 3 is 2.43 bits per heavy atom. The van der Waals surface area contributed by atoms with Crippen LogP contribution < -0.4 is 5.32 Å². The number of piperidine rings is 1. The first-order valence-corrected chi connectivity index (χ1v) is 10.7. The summed E-state index contributed by atoms with van der Waals surface area (Å²) in [6, 6.07) is 14.2. The highest BCUT2D eigenvalue weighted by Gasteiger charge is 2.37. The number of carbonyl (C=O) groups is 1. The highest BCUT2D eigenvalue weighted by Crippen LogP contribution is 2.32. The molecule has 3 nitrogen and oxygen atoms in total. The topological polar surface area (TPSA) is 32.3 Å². The molecule has 160 valence electrons. The van der Waals surface area contributed by atoms with Crippen molar-refractivity contribution < 1.29 is 13.6 Å². The SMILES string of the molecule is CC(C)(CNc1ccc(Cl)cc1C(=O)c1ccccc1)C(=S)N1CCC(F)(F)CC1. The molecule has 30 heavy (non-hydrogen) atoms. The van der Waals surface area contributed by atoms with Gasteiger partial charge in [0.15, 0.2) is 5.78 Å². The van der Waals surface area contributed by atoms with Gasteiger partial charge in [-0.2, -0.15) is 0 Å². The van der Waals surface area contributed by atoms with Crippen LogP contribution in [0.1, 0.15) is 42.6 Å². The van der Waals surface area contributed by atoms with Crippen LogP contribution in [0.5, 0.6) is 0 Å². The van der Waals surface area contributed by atoms with E-state index in [1.165, 1.54) is 0 Å². The third-order valence-electron chi connectivity index (χ3n) is 5.34. The number of hydrogen-bond acceptors (Lipinski definition) is 3. The maximum atomic E-state index is 13.5. The molecule has 0 aliphatic carbocycles. The summed E-state index contributed by atoms with van der Waals surface area (Å²) in [5.74, 6) is -2.73. The summed E-state index contributed by atoms with van der Waals surface area (Å²) in [6.45, 7) is 4.92. The summed E-state index contributed by atoms with van der Waals surface area (Å²) >= 11 is 11.8. The Morgan fingerprint density at radius 2 is 1.80 bits per heavy atom. The van der Waals surface area contributed by atoms with Gasteiger partial charge in [-0.05, 0) is 18.2 Å². The van der Waals surface area contributed by atoms with Crippen LogP contribution in [0.4, 0.5) is 14.5 Å². The molecule has 0 bridgehead atoms. The smallest absolute Gasteiger partial charge is 0.251 e. The monoisotopic (exact) mass is 450 g/mol. The molecule has 1 aliphatic rings. The van der Waals surface area contributed by atoms with Crippen molar-refractivity contribution in [3.05, 3.63) is 64.7 Å². The predicted molar refractivity (Wildman–Crippen MR) is 122 cm³/mol. The van der Waals surface area contributed by atoms with E-state index < -0.39 is 11.3 Å². The first-order chi connectivity index (χ1) is 14.1. The first-order valence-electron chi connectivity index (χ1n) is 9.89. The normalized spacial score (nSPS) is 16.2. The molecule has 1 N–H and O–H groups in total. The average Bonchev–Trinajstić information content (AvgIpc) is 2.72. The fourth-order valence-corrected chi connectivity index (χ4v) is 3.89. The van der Waals surface area contributed by atoms with Crippen LogP contribution in [0.25, 0.3) is 0 Å². The molecule has 2 aromatic rings. The Labute approximate surface area is 186 Å². The number of anilines is 1. The number of halogens is 3. The lowest BCUT2D eigenvalue weighted by Crippen LogP contribution is -2.48. The van der Waals surface area contributed by atoms with Crippen molar-refractivity contribution in [3.8, 4) is 0 Å². The van der Waals surface area contributed by atoms with E-state index in [4.69, 9.17) is 23.8 Å². The second-order valence-electron chi connectivity index (χ2n) is 8.27. The number of thiocarbonyl (C=S) groups is 1. The third kappa shape index (κ3) is 5.35. The summed E-state index contributed by atoms with van der Waals surface area (Å²) in [4.78, 5) is 15.5. The van der Waals surface area contributed by atoms with E-state index in [2.05, 4.69) is 5.32 Å². The second kappa shape index (κ2) is 8.98. The predicted octanol–water partition coefficient (Wildman–Crippen LogP) is 6.07. The fraction of sp³-hybridized carbons (Fsp3) is 0.391. The highest BCUT2D eigenvalue weighted by molar-refractivity contribution is 7.80. The van der Waals surface area contributed by atoms with Gasteiger partial charge in [-0.15, -0.1) is 0 Å². The first kappa shape index (κ1) is 22.6. The number of nitrogens with one attached hydrogen (secondary N) is 1. The number of rotatable bonds is 6. The van der Waals surface area contributed by atoms with E-state index in [0.29, 0.717) is 33.4 Å². The van der Waals surface area contributed by atoms with Gasteiger partial charge in [-0.25, -0.2) is 8.78 Å². The lowest BCUT2D eigenvalue weighted by Gasteiger charge is -2.39. The molecule has 1 fully saturated rings. The molecule has 7 heteroatoms. The molecule has 2 aromatic carbocycles. The molecule has 0 atom stereocenters. The third-order valence-corrected chi connectivity index (χ3v) is 6.39. The Balaban J connectivity index is 1.73. The zero-order valence-electron chi connectivity index (χ0n) is 17.1. The van der Waals surface area contributed by atoms with Crippen molar-refractivity contribution in [3.63, 3.8) is 0 Å². The number of hydrogen-bond donors (Lipinski definition) is 1. The Morgan fingerprint density at radius 1 is 1.17 bits per heavy atom. The molecule has 1 aliphatic heterocycles. The molecule has 0 spiro atoms. The highest BCUT2D eigenvalue weighted by atomic mass is 35.5. The van der Waals surface area contributed by atoms with Crippen molar-refractivity contribution >= 4 is 40.3 Å². The van der Waals surface area contributed by atoms with E-state index in [1.807, 2.05) is 36.9 Å². The van der Waals surface area contributed by atoms with Gasteiger partial charge in [0.25, 0.3) is 5.92 Å². The van der Waals surface area contributed by atoms with Gasteiger partial charge in [0.2, 0.25) is 0 Å². The number of carbonyl (C=O) groups excluding carboxylic acids is 1. The zero-order chi connectivity index (χ0) is 21.9. The minimum absolute atomic E-state index is 0.126. The largest absolute Gasteiger partial charge is 0.383 e. The van der Waals surface area contributed by atoms with E-state index in [0.717, 1.165) is 0 Å². The van der Waals surface area contributed by atoms with Crippen molar-refractivity contribution in [1.29, 1.82) is 0 Å². The molecule has 1 saturated heterocycles. The van der Waals surface area contributed by atoms with Crippen LogP contribution in [0.15, 0.2) is 48.5 Å². The summed E-state index contributed by atoms with van der Waals surface area (Å²) in [6.07, 6.45) is -0.354. The molecular weight excluding hydrogens is 426 g/mol.